The zero-order valence-electron chi connectivity index (χ0n) is 41.0. The summed E-state index contributed by atoms with van der Waals surface area (Å²) >= 11 is 0. The Morgan fingerprint density at radius 3 is 1.16 bits per heavy atom. The van der Waals surface area contributed by atoms with E-state index in [0.717, 1.165) is 56.0 Å². The Hall–Kier alpha value is -9.90. The smallest absolute Gasteiger partial charge is 0.162 e. The number of nitrogens with zero attached hydrogens (tertiary/aromatic N) is 4. The minimum absolute atomic E-state index is 0.678. The van der Waals surface area contributed by atoms with E-state index in [1.54, 1.807) is 0 Å². The molecule has 0 bridgehead atoms. The van der Waals surface area contributed by atoms with Crippen LogP contribution in [0.3, 0.4) is 0 Å². The number of benzene rings is 13. The van der Waals surface area contributed by atoms with Gasteiger partial charge in [-0.05, 0) is 119 Å². The summed E-state index contributed by atoms with van der Waals surface area (Å²) in [4.78, 5) is 11.2. The zero-order valence-corrected chi connectivity index (χ0v) is 41.0. The van der Waals surface area contributed by atoms with Gasteiger partial charge in [0.15, 0.2) is 5.82 Å². The molecule has 0 spiro atoms. The number of para-hydroxylation sites is 2. The Morgan fingerprint density at radius 2 is 0.640 bits per heavy atom. The van der Waals surface area contributed by atoms with Crippen LogP contribution in [0.15, 0.2) is 249 Å². The third-order valence-corrected chi connectivity index (χ3v) is 16.1. The molecular weight excluding hydrogens is 909 g/mol. The maximum absolute atomic E-state index is 5.73. The maximum atomic E-state index is 5.73. The third kappa shape index (κ3) is 6.11. The SMILES string of the molecule is Cc1c(-c2ccccc2)nc(-c2ccc3c4ccccc4c4ccccc4c3c2)nc1-n1c2ccccc2c2ccc3c4ccccc4n(-c4ccc(-c5ccc6c7ccccc7c7ccccc7c6c5)cc4)c3c21. The van der Waals surface area contributed by atoms with Gasteiger partial charge in [0.2, 0.25) is 0 Å². The zero-order chi connectivity index (χ0) is 49.3. The minimum Gasteiger partial charge on any atom is -0.307 e. The first kappa shape index (κ1) is 41.7. The van der Waals surface area contributed by atoms with Crippen molar-refractivity contribution < 1.29 is 0 Å². The van der Waals surface area contributed by atoms with Crippen molar-refractivity contribution in [2.45, 2.75) is 6.92 Å². The van der Waals surface area contributed by atoms with Crippen LogP contribution in [0.25, 0.3) is 154 Å². The lowest BCUT2D eigenvalue weighted by Crippen LogP contribution is -2.07. The molecule has 0 atom stereocenters. The van der Waals surface area contributed by atoms with Crippen molar-refractivity contribution in [3.05, 3.63) is 254 Å². The fraction of sp³-hybridized carbons (Fsp3) is 0.0141. The summed E-state index contributed by atoms with van der Waals surface area (Å²) in [7, 11) is 0. The standard InChI is InChI=1S/C71H44N4/c1-43-67(45-17-3-2-4-18-45)72-70(47-34-38-58-54-24-8-6-20-50(54)52-22-10-12-26-56(52)64(58)42-47)73-71(43)75-66-30-16-14-28-60(66)62-40-39-61-59-27-13-15-29-65(59)74(68(61)69(62)75)48-35-31-44(32-36-48)46-33-37-57-53-23-7-5-19-49(53)51-21-9-11-25-55(51)63(57)41-46/h2-42H,1H3. The molecule has 75 heavy (non-hydrogen) atoms. The fourth-order valence-corrected chi connectivity index (χ4v) is 12.7. The molecule has 0 unspecified atom stereocenters. The van der Waals surface area contributed by atoms with Gasteiger partial charge in [0.1, 0.15) is 5.82 Å². The highest BCUT2D eigenvalue weighted by atomic mass is 15.1. The van der Waals surface area contributed by atoms with E-state index in [2.05, 4.69) is 265 Å². The summed E-state index contributed by atoms with van der Waals surface area (Å²) in [6.07, 6.45) is 0. The van der Waals surface area contributed by atoms with Gasteiger partial charge in [-0.3, -0.25) is 4.57 Å². The lowest BCUT2D eigenvalue weighted by molar-refractivity contribution is 1.02. The Balaban J connectivity index is 0.940. The Bertz CT molecular complexity index is 4990. The highest BCUT2D eigenvalue weighted by molar-refractivity contribution is 6.28. The van der Waals surface area contributed by atoms with Crippen LogP contribution in [0.4, 0.5) is 0 Å². The summed E-state index contributed by atoms with van der Waals surface area (Å²) in [5.41, 5.74) is 11.8. The molecule has 0 fully saturated rings. The Morgan fingerprint density at radius 1 is 0.267 bits per heavy atom. The largest absolute Gasteiger partial charge is 0.307 e. The third-order valence-electron chi connectivity index (χ3n) is 16.1. The van der Waals surface area contributed by atoms with Gasteiger partial charge in [0.05, 0.1) is 27.8 Å². The number of rotatable bonds is 5. The van der Waals surface area contributed by atoms with E-state index in [0.29, 0.717) is 5.82 Å². The van der Waals surface area contributed by atoms with E-state index < -0.39 is 0 Å². The molecule has 3 heterocycles. The average Bonchev–Trinajstić information content (AvgIpc) is 4.02. The summed E-state index contributed by atoms with van der Waals surface area (Å²) in [5, 5.41) is 19.7. The summed E-state index contributed by atoms with van der Waals surface area (Å²) in [6.45, 7) is 2.19. The van der Waals surface area contributed by atoms with Crippen molar-refractivity contribution in [1.82, 2.24) is 19.1 Å². The van der Waals surface area contributed by atoms with Gasteiger partial charge in [-0.15, -0.1) is 0 Å². The number of hydrogen-bond acceptors (Lipinski definition) is 2. The topological polar surface area (TPSA) is 35.6 Å². The van der Waals surface area contributed by atoms with Crippen molar-refractivity contribution in [3.63, 3.8) is 0 Å². The predicted molar refractivity (Wildman–Crippen MR) is 317 cm³/mol. The average molecular weight is 953 g/mol. The Labute approximate surface area is 431 Å². The quantitative estimate of drug-likeness (QED) is 0.161. The van der Waals surface area contributed by atoms with Crippen molar-refractivity contribution in [1.29, 1.82) is 0 Å². The molecule has 0 aliphatic heterocycles. The highest BCUT2D eigenvalue weighted by Crippen LogP contribution is 2.45. The molecule has 0 N–H and O–H groups in total. The summed E-state index contributed by atoms with van der Waals surface area (Å²) in [6, 6.07) is 90.9. The van der Waals surface area contributed by atoms with Crippen LogP contribution in [-0.2, 0) is 0 Å². The van der Waals surface area contributed by atoms with Crippen molar-refractivity contribution in [3.8, 4) is 45.3 Å². The number of hydrogen-bond donors (Lipinski definition) is 0. The lowest BCUT2D eigenvalue weighted by atomic mass is 9.92. The van der Waals surface area contributed by atoms with Crippen molar-refractivity contribution >= 4 is 108 Å². The molecule has 13 aromatic carbocycles. The molecule has 0 saturated carbocycles. The van der Waals surface area contributed by atoms with E-state index >= 15 is 0 Å². The van der Waals surface area contributed by atoms with Crippen LogP contribution < -0.4 is 0 Å². The lowest BCUT2D eigenvalue weighted by Gasteiger charge is -2.17. The van der Waals surface area contributed by atoms with Gasteiger partial charge in [-0.1, -0.05) is 212 Å². The van der Waals surface area contributed by atoms with E-state index in [1.165, 1.54) is 97.3 Å². The monoisotopic (exact) mass is 952 g/mol. The molecule has 0 amide bonds. The van der Waals surface area contributed by atoms with E-state index in [4.69, 9.17) is 9.97 Å². The first-order valence-electron chi connectivity index (χ1n) is 25.8. The van der Waals surface area contributed by atoms with Crippen LogP contribution >= 0.6 is 0 Å². The molecule has 16 rings (SSSR count). The molecule has 0 aliphatic rings. The molecule has 4 nitrogen and oxygen atoms in total. The van der Waals surface area contributed by atoms with Gasteiger partial charge in [-0.25, -0.2) is 9.97 Å². The molecule has 4 heteroatoms. The molecule has 0 aliphatic carbocycles. The van der Waals surface area contributed by atoms with Crippen molar-refractivity contribution in [2.75, 3.05) is 0 Å². The summed E-state index contributed by atoms with van der Waals surface area (Å²) in [5.74, 6) is 1.53. The highest BCUT2D eigenvalue weighted by Gasteiger charge is 2.25. The molecule has 0 radical (unpaired) electrons. The van der Waals surface area contributed by atoms with Gasteiger partial charge in [0.25, 0.3) is 0 Å². The van der Waals surface area contributed by atoms with E-state index in [-0.39, 0.29) is 0 Å². The predicted octanol–water partition coefficient (Wildman–Crippen LogP) is 18.9. The summed E-state index contributed by atoms with van der Waals surface area (Å²) < 4.78 is 4.90. The first-order valence-corrected chi connectivity index (χ1v) is 25.8. The normalized spacial score (nSPS) is 12.1. The first-order chi connectivity index (χ1) is 37.1. The van der Waals surface area contributed by atoms with Crippen LogP contribution in [0.1, 0.15) is 5.56 Å². The van der Waals surface area contributed by atoms with Crippen molar-refractivity contribution in [2.24, 2.45) is 0 Å². The van der Waals surface area contributed by atoms with E-state index in [9.17, 15) is 0 Å². The second-order valence-corrected chi connectivity index (χ2v) is 20.0. The number of aromatic nitrogens is 4. The fourth-order valence-electron chi connectivity index (χ4n) is 12.7. The molecule has 16 aromatic rings. The second kappa shape index (κ2) is 16.1. The molecule has 348 valence electrons. The van der Waals surface area contributed by atoms with Gasteiger partial charge < -0.3 is 4.57 Å². The van der Waals surface area contributed by atoms with Crippen LogP contribution in [0.2, 0.25) is 0 Å². The molecular formula is C71H44N4. The maximum Gasteiger partial charge on any atom is 0.162 e. The van der Waals surface area contributed by atoms with Gasteiger partial charge >= 0.3 is 0 Å². The second-order valence-electron chi connectivity index (χ2n) is 20.0. The van der Waals surface area contributed by atoms with Gasteiger partial charge in [-0.2, -0.15) is 0 Å². The van der Waals surface area contributed by atoms with Crippen LogP contribution in [-0.4, -0.2) is 19.1 Å². The van der Waals surface area contributed by atoms with Gasteiger partial charge in [0, 0.05) is 43.9 Å². The van der Waals surface area contributed by atoms with E-state index in [1.807, 2.05) is 0 Å². The Kier molecular flexibility index (Phi) is 8.92. The molecule has 0 saturated heterocycles. The number of fused-ring (bicyclic) bond motifs is 19. The minimum atomic E-state index is 0.678. The van der Waals surface area contributed by atoms with Crippen LogP contribution in [0.5, 0.6) is 0 Å². The van der Waals surface area contributed by atoms with Crippen LogP contribution in [0, 0.1) is 6.92 Å². The molecule has 3 aromatic heterocycles.